The highest BCUT2D eigenvalue weighted by Gasteiger charge is 2.12. The van der Waals surface area contributed by atoms with Gasteiger partial charge in [-0.15, -0.1) is 0 Å². The van der Waals surface area contributed by atoms with Crippen LogP contribution < -0.4 is 0 Å². The SMILES string of the molecule is CCc1cccc(C(=O)c2ccnc3ccccc23)c1. The van der Waals surface area contributed by atoms with Gasteiger partial charge in [0.15, 0.2) is 5.78 Å². The van der Waals surface area contributed by atoms with E-state index in [1.54, 1.807) is 12.3 Å². The first-order chi connectivity index (χ1) is 9.79. The average Bonchev–Trinajstić information content (AvgIpc) is 2.53. The maximum atomic E-state index is 12.7. The fourth-order valence-electron chi connectivity index (χ4n) is 2.38. The van der Waals surface area contributed by atoms with Crippen LogP contribution in [0.15, 0.2) is 60.8 Å². The van der Waals surface area contributed by atoms with Crippen molar-refractivity contribution in [1.29, 1.82) is 0 Å². The lowest BCUT2D eigenvalue weighted by molar-refractivity contribution is 0.104. The quantitative estimate of drug-likeness (QED) is 0.666. The van der Waals surface area contributed by atoms with Crippen LogP contribution in [0.1, 0.15) is 28.4 Å². The highest BCUT2D eigenvalue weighted by Crippen LogP contribution is 2.20. The summed E-state index contributed by atoms with van der Waals surface area (Å²) in [6.07, 6.45) is 2.62. The van der Waals surface area contributed by atoms with Crippen LogP contribution >= 0.6 is 0 Å². The third kappa shape index (κ3) is 2.21. The number of rotatable bonds is 3. The monoisotopic (exact) mass is 261 g/mol. The zero-order valence-corrected chi connectivity index (χ0v) is 11.3. The zero-order valence-electron chi connectivity index (χ0n) is 11.3. The van der Waals surface area contributed by atoms with E-state index in [2.05, 4.69) is 11.9 Å². The second-order valence-electron chi connectivity index (χ2n) is 4.76. The van der Waals surface area contributed by atoms with Crippen LogP contribution in [-0.4, -0.2) is 10.8 Å². The summed E-state index contributed by atoms with van der Waals surface area (Å²) in [5.41, 5.74) is 3.48. The van der Waals surface area contributed by atoms with Crippen molar-refractivity contribution in [2.45, 2.75) is 13.3 Å². The standard InChI is InChI=1S/C18H15NO/c1-2-13-6-5-7-14(12-13)18(20)16-10-11-19-17-9-4-3-8-15(16)17/h3-12H,2H2,1H3. The van der Waals surface area contributed by atoms with Crippen molar-refractivity contribution in [2.75, 3.05) is 0 Å². The summed E-state index contributed by atoms with van der Waals surface area (Å²) in [6.45, 7) is 2.09. The van der Waals surface area contributed by atoms with Crippen LogP contribution in [-0.2, 0) is 6.42 Å². The minimum Gasteiger partial charge on any atom is -0.289 e. The van der Waals surface area contributed by atoms with Crippen molar-refractivity contribution in [2.24, 2.45) is 0 Å². The lowest BCUT2D eigenvalue weighted by atomic mass is 9.98. The number of carbonyl (C=O) groups excluding carboxylic acids is 1. The van der Waals surface area contributed by atoms with Crippen molar-refractivity contribution >= 4 is 16.7 Å². The summed E-state index contributed by atoms with van der Waals surface area (Å²) in [7, 11) is 0. The maximum absolute atomic E-state index is 12.7. The Kier molecular flexibility index (Phi) is 3.30. The number of aryl methyl sites for hydroxylation is 1. The Morgan fingerprint density at radius 2 is 1.90 bits per heavy atom. The molecule has 0 unspecified atom stereocenters. The topological polar surface area (TPSA) is 30.0 Å². The molecular weight excluding hydrogens is 246 g/mol. The molecule has 3 rings (SSSR count). The van der Waals surface area contributed by atoms with E-state index in [9.17, 15) is 4.79 Å². The molecule has 98 valence electrons. The predicted molar refractivity (Wildman–Crippen MR) is 81.0 cm³/mol. The molecule has 0 aliphatic rings. The molecule has 3 aromatic rings. The van der Waals surface area contributed by atoms with E-state index in [1.807, 2.05) is 48.5 Å². The van der Waals surface area contributed by atoms with Crippen molar-refractivity contribution in [1.82, 2.24) is 4.98 Å². The number of aromatic nitrogens is 1. The first-order valence-corrected chi connectivity index (χ1v) is 6.77. The van der Waals surface area contributed by atoms with Gasteiger partial charge in [-0.1, -0.05) is 43.3 Å². The maximum Gasteiger partial charge on any atom is 0.193 e. The summed E-state index contributed by atoms with van der Waals surface area (Å²) in [4.78, 5) is 17.0. The minimum atomic E-state index is 0.0545. The van der Waals surface area contributed by atoms with Gasteiger partial charge in [-0.25, -0.2) is 0 Å². The Morgan fingerprint density at radius 3 is 2.75 bits per heavy atom. The van der Waals surface area contributed by atoms with Gasteiger partial charge in [0.25, 0.3) is 0 Å². The van der Waals surface area contributed by atoms with Crippen LogP contribution in [0.3, 0.4) is 0 Å². The van der Waals surface area contributed by atoms with E-state index in [0.29, 0.717) is 5.56 Å². The number of nitrogens with zero attached hydrogens (tertiary/aromatic N) is 1. The molecule has 0 amide bonds. The molecule has 0 saturated carbocycles. The van der Waals surface area contributed by atoms with E-state index in [1.165, 1.54) is 5.56 Å². The number of fused-ring (bicyclic) bond motifs is 1. The largest absolute Gasteiger partial charge is 0.289 e. The second kappa shape index (κ2) is 5.25. The molecule has 1 heterocycles. The molecule has 0 aliphatic carbocycles. The molecule has 2 aromatic carbocycles. The van der Waals surface area contributed by atoms with Gasteiger partial charge < -0.3 is 0 Å². The normalized spacial score (nSPS) is 10.7. The molecular formula is C18H15NO. The van der Waals surface area contributed by atoms with Gasteiger partial charge in [0, 0.05) is 22.7 Å². The third-order valence-corrected chi connectivity index (χ3v) is 3.49. The number of para-hydroxylation sites is 1. The van der Waals surface area contributed by atoms with Gasteiger partial charge >= 0.3 is 0 Å². The molecule has 0 spiro atoms. The average molecular weight is 261 g/mol. The van der Waals surface area contributed by atoms with Crippen LogP contribution in [0.25, 0.3) is 10.9 Å². The molecule has 2 heteroatoms. The van der Waals surface area contributed by atoms with Crippen LogP contribution in [0.5, 0.6) is 0 Å². The molecule has 20 heavy (non-hydrogen) atoms. The Hall–Kier alpha value is -2.48. The highest BCUT2D eigenvalue weighted by atomic mass is 16.1. The van der Waals surface area contributed by atoms with Gasteiger partial charge in [-0.3, -0.25) is 9.78 Å². The first kappa shape index (κ1) is 12.5. The third-order valence-electron chi connectivity index (χ3n) is 3.49. The van der Waals surface area contributed by atoms with Crippen LogP contribution in [0.2, 0.25) is 0 Å². The predicted octanol–water partition coefficient (Wildman–Crippen LogP) is 4.03. The molecule has 0 N–H and O–H groups in total. The molecule has 0 aliphatic heterocycles. The van der Waals surface area contributed by atoms with Gasteiger partial charge in [0.05, 0.1) is 5.52 Å². The molecule has 0 bridgehead atoms. The molecule has 0 atom stereocenters. The molecule has 0 radical (unpaired) electrons. The summed E-state index contributed by atoms with van der Waals surface area (Å²) in [6, 6.07) is 17.4. The van der Waals surface area contributed by atoms with Crippen molar-refractivity contribution in [3.63, 3.8) is 0 Å². The molecule has 2 nitrogen and oxygen atoms in total. The first-order valence-electron chi connectivity index (χ1n) is 6.77. The summed E-state index contributed by atoms with van der Waals surface area (Å²) >= 11 is 0. The minimum absolute atomic E-state index is 0.0545. The molecule has 0 fully saturated rings. The fourth-order valence-corrected chi connectivity index (χ4v) is 2.38. The van der Waals surface area contributed by atoms with E-state index in [4.69, 9.17) is 0 Å². The Balaban J connectivity index is 2.12. The molecule has 1 aromatic heterocycles. The number of ketones is 1. The van der Waals surface area contributed by atoms with Gasteiger partial charge in [-0.05, 0) is 30.2 Å². The Bertz CT molecular complexity index is 772. The van der Waals surface area contributed by atoms with E-state index >= 15 is 0 Å². The van der Waals surface area contributed by atoms with Crippen molar-refractivity contribution in [3.8, 4) is 0 Å². The number of carbonyl (C=O) groups is 1. The van der Waals surface area contributed by atoms with E-state index in [0.717, 1.165) is 22.9 Å². The summed E-state index contributed by atoms with van der Waals surface area (Å²) in [5, 5.41) is 0.905. The number of benzene rings is 2. The number of hydrogen-bond donors (Lipinski definition) is 0. The highest BCUT2D eigenvalue weighted by molar-refractivity contribution is 6.15. The Labute approximate surface area is 118 Å². The Morgan fingerprint density at radius 1 is 1.05 bits per heavy atom. The lowest BCUT2D eigenvalue weighted by Gasteiger charge is -2.06. The summed E-state index contributed by atoms with van der Waals surface area (Å²) in [5.74, 6) is 0.0545. The second-order valence-corrected chi connectivity index (χ2v) is 4.76. The number of hydrogen-bond acceptors (Lipinski definition) is 2. The lowest BCUT2D eigenvalue weighted by Crippen LogP contribution is -2.03. The van der Waals surface area contributed by atoms with E-state index < -0.39 is 0 Å². The van der Waals surface area contributed by atoms with Crippen molar-refractivity contribution in [3.05, 3.63) is 77.5 Å². The number of pyridine rings is 1. The molecule has 0 saturated heterocycles. The van der Waals surface area contributed by atoms with Crippen molar-refractivity contribution < 1.29 is 4.79 Å². The van der Waals surface area contributed by atoms with Crippen LogP contribution in [0.4, 0.5) is 0 Å². The fraction of sp³-hybridized carbons (Fsp3) is 0.111. The smallest absolute Gasteiger partial charge is 0.193 e. The zero-order chi connectivity index (χ0) is 13.9. The van der Waals surface area contributed by atoms with Crippen LogP contribution in [0, 0.1) is 0 Å². The van der Waals surface area contributed by atoms with Gasteiger partial charge in [-0.2, -0.15) is 0 Å². The summed E-state index contributed by atoms with van der Waals surface area (Å²) < 4.78 is 0. The van der Waals surface area contributed by atoms with Gasteiger partial charge in [0.1, 0.15) is 0 Å². The van der Waals surface area contributed by atoms with E-state index in [-0.39, 0.29) is 5.78 Å². The van der Waals surface area contributed by atoms with Gasteiger partial charge in [0.2, 0.25) is 0 Å².